The van der Waals surface area contributed by atoms with Crippen LogP contribution in [0.4, 0.5) is 5.69 Å². The molecule has 0 spiro atoms. The number of benzene rings is 2. The molecule has 5 nitrogen and oxygen atoms in total. The molecule has 0 amide bonds. The van der Waals surface area contributed by atoms with Crippen molar-refractivity contribution in [2.24, 2.45) is 0 Å². The lowest BCUT2D eigenvalue weighted by Gasteiger charge is -2.19. The average molecular weight is 384 g/mol. The minimum absolute atomic E-state index is 0.138. The first-order valence-electron chi connectivity index (χ1n) is 6.64. The summed E-state index contributed by atoms with van der Waals surface area (Å²) in [6, 6.07) is 9.94. The van der Waals surface area contributed by atoms with Crippen LogP contribution in [-0.4, -0.2) is 21.6 Å². The Morgan fingerprint density at radius 2 is 1.77 bits per heavy atom. The van der Waals surface area contributed by atoms with Crippen LogP contribution in [0.15, 0.2) is 45.8 Å². The number of rotatable bonds is 3. The van der Waals surface area contributed by atoms with E-state index in [1.165, 1.54) is 12.1 Å². The Balaban J connectivity index is 1.92. The maximum absolute atomic E-state index is 12.5. The Morgan fingerprint density at radius 3 is 2.50 bits per heavy atom. The highest BCUT2D eigenvalue weighted by molar-refractivity contribution is 9.10. The second-order valence-corrected chi connectivity index (χ2v) is 7.47. The lowest BCUT2D eigenvalue weighted by molar-refractivity contribution is 0.171. The molecule has 1 aliphatic rings. The third-order valence-corrected chi connectivity index (χ3v) is 5.11. The number of hydrogen-bond donors (Lipinski definition) is 1. The van der Waals surface area contributed by atoms with Crippen LogP contribution in [0.1, 0.15) is 5.56 Å². The molecular formula is C15H14BrNO4S. The van der Waals surface area contributed by atoms with Crippen LogP contribution < -0.4 is 14.2 Å². The van der Waals surface area contributed by atoms with E-state index in [4.69, 9.17) is 9.47 Å². The molecule has 0 fully saturated rings. The molecule has 3 rings (SSSR count). The Labute approximate surface area is 137 Å². The second kappa shape index (κ2) is 5.81. The van der Waals surface area contributed by atoms with Gasteiger partial charge in [-0.25, -0.2) is 8.42 Å². The average Bonchev–Trinajstić information content (AvgIpc) is 2.49. The van der Waals surface area contributed by atoms with Crippen molar-refractivity contribution in [1.82, 2.24) is 0 Å². The molecule has 1 heterocycles. The summed E-state index contributed by atoms with van der Waals surface area (Å²) in [4.78, 5) is 0.138. The molecule has 0 aromatic heterocycles. The van der Waals surface area contributed by atoms with Crippen molar-refractivity contribution in [1.29, 1.82) is 0 Å². The predicted molar refractivity (Wildman–Crippen MR) is 87.1 cm³/mol. The molecule has 0 saturated carbocycles. The largest absolute Gasteiger partial charge is 0.486 e. The van der Waals surface area contributed by atoms with Gasteiger partial charge in [0.25, 0.3) is 10.0 Å². The Hall–Kier alpha value is -1.73. The minimum Gasteiger partial charge on any atom is -0.486 e. The summed E-state index contributed by atoms with van der Waals surface area (Å²) >= 11 is 3.35. The lowest BCUT2D eigenvalue weighted by atomic mass is 10.2. The van der Waals surface area contributed by atoms with E-state index in [9.17, 15) is 8.42 Å². The van der Waals surface area contributed by atoms with E-state index in [0.29, 0.717) is 30.4 Å². The van der Waals surface area contributed by atoms with Gasteiger partial charge in [-0.2, -0.15) is 0 Å². The first-order valence-corrected chi connectivity index (χ1v) is 8.92. The van der Waals surface area contributed by atoms with Crippen molar-refractivity contribution >= 4 is 31.6 Å². The molecule has 2 aromatic carbocycles. The zero-order valence-corrected chi connectivity index (χ0v) is 14.2. The number of anilines is 1. The predicted octanol–water partition coefficient (Wildman–Crippen LogP) is 3.33. The Bertz CT molecular complexity index is 820. The fraction of sp³-hybridized carbons (Fsp3) is 0.200. The number of aryl methyl sites for hydroxylation is 1. The highest BCUT2D eigenvalue weighted by atomic mass is 79.9. The number of sulfonamides is 1. The van der Waals surface area contributed by atoms with E-state index in [0.717, 1.165) is 10.0 Å². The molecule has 0 aliphatic carbocycles. The number of nitrogens with one attached hydrogen (secondary N) is 1. The first kappa shape index (κ1) is 15.2. The highest BCUT2D eigenvalue weighted by Crippen LogP contribution is 2.33. The molecule has 7 heteroatoms. The van der Waals surface area contributed by atoms with Gasteiger partial charge in [0.15, 0.2) is 11.5 Å². The molecule has 0 bridgehead atoms. The molecule has 0 atom stereocenters. The summed E-state index contributed by atoms with van der Waals surface area (Å²) in [5, 5.41) is 0. The third-order valence-electron chi connectivity index (χ3n) is 3.26. The van der Waals surface area contributed by atoms with E-state index < -0.39 is 10.0 Å². The number of halogens is 1. The van der Waals surface area contributed by atoms with Crippen LogP contribution in [0.3, 0.4) is 0 Å². The summed E-state index contributed by atoms with van der Waals surface area (Å²) in [5.74, 6) is 1.01. The molecule has 22 heavy (non-hydrogen) atoms. The summed E-state index contributed by atoms with van der Waals surface area (Å²) in [5.41, 5.74) is 1.37. The van der Waals surface area contributed by atoms with Gasteiger partial charge in [0.2, 0.25) is 0 Å². The summed E-state index contributed by atoms with van der Waals surface area (Å²) < 4.78 is 39.3. The molecule has 1 aliphatic heterocycles. The molecule has 1 N–H and O–H groups in total. The molecule has 0 saturated heterocycles. The van der Waals surface area contributed by atoms with Crippen LogP contribution in [0.25, 0.3) is 0 Å². The number of fused-ring (bicyclic) bond motifs is 1. The smallest absolute Gasteiger partial charge is 0.262 e. The number of ether oxygens (including phenoxy) is 2. The van der Waals surface area contributed by atoms with Crippen LogP contribution in [-0.2, 0) is 10.0 Å². The van der Waals surface area contributed by atoms with Crippen LogP contribution >= 0.6 is 15.9 Å². The van der Waals surface area contributed by atoms with Crippen molar-refractivity contribution in [3.8, 4) is 11.5 Å². The lowest BCUT2D eigenvalue weighted by Crippen LogP contribution is -2.17. The highest BCUT2D eigenvalue weighted by Gasteiger charge is 2.20. The first-order chi connectivity index (χ1) is 10.5. The van der Waals surface area contributed by atoms with E-state index in [1.807, 2.05) is 13.0 Å². The van der Waals surface area contributed by atoms with Gasteiger partial charge in [0, 0.05) is 10.5 Å². The zero-order chi connectivity index (χ0) is 15.7. The van der Waals surface area contributed by atoms with E-state index in [-0.39, 0.29) is 4.90 Å². The number of hydrogen-bond acceptors (Lipinski definition) is 4. The van der Waals surface area contributed by atoms with Gasteiger partial charge in [0.05, 0.1) is 10.6 Å². The Morgan fingerprint density at radius 1 is 1.05 bits per heavy atom. The molecule has 116 valence electrons. The van der Waals surface area contributed by atoms with Gasteiger partial charge in [-0.15, -0.1) is 0 Å². The topological polar surface area (TPSA) is 64.6 Å². The van der Waals surface area contributed by atoms with Crippen molar-refractivity contribution in [2.45, 2.75) is 11.8 Å². The fourth-order valence-electron chi connectivity index (χ4n) is 2.14. The van der Waals surface area contributed by atoms with Crippen molar-refractivity contribution in [3.05, 3.63) is 46.4 Å². The van der Waals surface area contributed by atoms with Crippen molar-refractivity contribution in [3.63, 3.8) is 0 Å². The zero-order valence-electron chi connectivity index (χ0n) is 11.8. The molecule has 2 aromatic rings. The molecule has 0 unspecified atom stereocenters. The monoisotopic (exact) mass is 383 g/mol. The van der Waals surface area contributed by atoms with Gasteiger partial charge in [-0.1, -0.05) is 15.9 Å². The van der Waals surface area contributed by atoms with Crippen LogP contribution in [0.5, 0.6) is 11.5 Å². The van der Waals surface area contributed by atoms with E-state index >= 15 is 0 Å². The van der Waals surface area contributed by atoms with E-state index in [1.54, 1.807) is 18.2 Å². The third kappa shape index (κ3) is 3.05. The van der Waals surface area contributed by atoms with Crippen LogP contribution in [0.2, 0.25) is 0 Å². The van der Waals surface area contributed by atoms with Crippen LogP contribution in [0, 0.1) is 6.92 Å². The van der Waals surface area contributed by atoms with Gasteiger partial charge in [-0.05, 0) is 42.8 Å². The molecular weight excluding hydrogens is 370 g/mol. The van der Waals surface area contributed by atoms with Gasteiger partial charge >= 0.3 is 0 Å². The van der Waals surface area contributed by atoms with Gasteiger partial charge < -0.3 is 9.47 Å². The quantitative estimate of drug-likeness (QED) is 0.882. The van der Waals surface area contributed by atoms with Crippen molar-refractivity contribution < 1.29 is 17.9 Å². The van der Waals surface area contributed by atoms with Crippen molar-refractivity contribution in [2.75, 3.05) is 17.9 Å². The molecule has 0 radical (unpaired) electrons. The standard InChI is InChI=1S/C15H14BrNO4S/c1-10-8-11(16)2-4-13(10)17-22(18,19)12-3-5-14-15(9-12)21-7-6-20-14/h2-5,8-9,17H,6-7H2,1H3. The summed E-state index contributed by atoms with van der Waals surface area (Å²) in [6.07, 6.45) is 0. The normalized spacial score (nSPS) is 13.7. The van der Waals surface area contributed by atoms with E-state index in [2.05, 4.69) is 20.7 Å². The van der Waals surface area contributed by atoms with Gasteiger partial charge in [0.1, 0.15) is 13.2 Å². The second-order valence-electron chi connectivity index (χ2n) is 4.87. The summed E-state index contributed by atoms with van der Waals surface area (Å²) in [6.45, 7) is 2.72. The minimum atomic E-state index is -3.68. The Kier molecular flexibility index (Phi) is 4.01. The maximum atomic E-state index is 12.5. The fourth-order valence-corrected chi connectivity index (χ4v) is 3.76. The summed E-state index contributed by atoms with van der Waals surface area (Å²) in [7, 11) is -3.68. The maximum Gasteiger partial charge on any atom is 0.262 e. The SMILES string of the molecule is Cc1cc(Br)ccc1NS(=O)(=O)c1ccc2c(c1)OCCO2. The van der Waals surface area contributed by atoms with Gasteiger partial charge in [-0.3, -0.25) is 4.72 Å².